The summed E-state index contributed by atoms with van der Waals surface area (Å²) in [6.07, 6.45) is 1.53. The number of rotatable bonds is 4. The molecule has 0 fully saturated rings. The molecule has 0 saturated carbocycles. The van der Waals surface area contributed by atoms with Gasteiger partial charge in [0.25, 0.3) is 0 Å². The largest absolute Gasteiger partial charge is 0.497 e. The summed E-state index contributed by atoms with van der Waals surface area (Å²) in [6, 6.07) is 5.32. The van der Waals surface area contributed by atoms with Gasteiger partial charge in [0, 0.05) is 11.6 Å². The number of ether oxygens (including phenoxy) is 2. The molecule has 0 atom stereocenters. The van der Waals surface area contributed by atoms with Crippen LogP contribution in [0, 0.1) is 6.92 Å². The first kappa shape index (κ1) is 12.9. The molecule has 2 aromatic rings. The SMILES string of the molecule is COc1ccc(/C=N/n2c(C)n[nH]c2=O)c(OC)c1. The van der Waals surface area contributed by atoms with Crippen LogP contribution < -0.4 is 15.2 Å². The second-order valence-electron chi connectivity index (χ2n) is 3.74. The van der Waals surface area contributed by atoms with Crippen LogP contribution in [0.4, 0.5) is 0 Å². The van der Waals surface area contributed by atoms with Crippen LogP contribution >= 0.6 is 0 Å². The maximum Gasteiger partial charge on any atom is 0.364 e. The lowest BCUT2D eigenvalue weighted by molar-refractivity contribution is 0.394. The molecule has 0 aliphatic rings. The van der Waals surface area contributed by atoms with Gasteiger partial charge in [-0.1, -0.05) is 0 Å². The van der Waals surface area contributed by atoms with Gasteiger partial charge in [-0.25, -0.2) is 9.89 Å². The monoisotopic (exact) mass is 262 g/mol. The second-order valence-corrected chi connectivity index (χ2v) is 3.74. The zero-order valence-corrected chi connectivity index (χ0v) is 10.9. The van der Waals surface area contributed by atoms with Gasteiger partial charge in [-0.3, -0.25) is 0 Å². The maximum absolute atomic E-state index is 11.4. The van der Waals surface area contributed by atoms with Crippen LogP contribution in [0.2, 0.25) is 0 Å². The Balaban J connectivity index is 2.36. The van der Waals surface area contributed by atoms with Crippen molar-refractivity contribution in [3.63, 3.8) is 0 Å². The van der Waals surface area contributed by atoms with Gasteiger partial charge in [-0.05, 0) is 19.1 Å². The van der Waals surface area contributed by atoms with E-state index in [0.29, 0.717) is 17.3 Å². The molecule has 0 aliphatic heterocycles. The maximum atomic E-state index is 11.4. The van der Waals surface area contributed by atoms with Crippen molar-refractivity contribution in [2.75, 3.05) is 14.2 Å². The van der Waals surface area contributed by atoms with E-state index in [2.05, 4.69) is 15.3 Å². The lowest BCUT2D eigenvalue weighted by atomic mass is 10.2. The van der Waals surface area contributed by atoms with Crippen molar-refractivity contribution in [2.45, 2.75) is 6.92 Å². The molecule has 7 heteroatoms. The molecule has 19 heavy (non-hydrogen) atoms. The molecule has 1 N–H and O–H groups in total. The summed E-state index contributed by atoms with van der Waals surface area (Å²) in [6.45, 7) is 1.68. The van der Waals surface area contributed by atoms with Crippen LogP contribution in [0.3, 0.4) is 0 Å². The molecule has 1 aromatic carbocycles. The average molecular weight is 262 g/mol. The fourth-order valence-corrected chi connectivity index (χ4v) is 1.55. The minimum Gasteiger partial charge on any atom is -0.497 e. The summed E-state index contributed by atoms with van der Waals surface area (Å²) in [5, 5.41) is 10.1. The van der Waals surface area contributed by atoms with Gasteiger partial charge in [0.2, 0.25) is 0 Å². The van der Waals surface area contributed by atoms with Crippen LogP contribution in [0.1, 0.15) is 11.4 Å². The molecule has 100 valence electrons. The first-order chi connectivity index (χ1) is 9.15. The van der Waals surface area contributed by atoms with Crippen molar-refractivity contribution in [3.8, 4) is 11.5 Å². The lowest BCUT2D eigenvalue weighted by Gasteiger charge is -2.06. The van der Waals surface area contributed by atoms with Crippen molar-refractivity contribution in [1.82, 2.24) is 14.9 Å². The minimum absolute atomic E-state index is 0.388. The molecular formula is C12H14N4O3. The third-order valence-corrected chi connectivity index (χ3v) is 2.57. The average Bonchev–Trinajstić information content (AvgIpc) is 2.75. The third-order valence-electron chi connectivity index (χ3n) is 2.57. The summed E-state index contributed by atoms with van der Waals surface area (Å²) >= 11 is 0. The van der Waals surface area contributed by atoms with Crippen LogP contribution in [-0.4, -0.2) is 35.3 Å². The summed E-state index contributed by atoms with van der Waals surface area (Å²) in [5.74, 6) is 1.77. The van der Waals surface area contributed by atoms with Gasteiger partial charge in [-0.15, -0.1) is 0 Å². The minimum atomic E-state index is -0.388. The molecule has 1 heterocycles. The zero-order chi connectivity index (χ0) is 13.8. The summed E-state index contributed by atoms with van der Waals surface area (Å²) in [4.78, 5) is 11.4. The highest BCUT2D eigenvalue weighted by molar-refractivity contribution is 5.83. The van der Waals surface area contributed by atoms with Gasteiger partial charge >= 0.3 is 5.69 Å². The predicted molar refractivity (Wildman–Crippen MR) is 70.1 cm³/mol. The van der Waals surface area contributed by atoms with E-state index in [0.717, 1.165) is 5.56 Å². The Labute approximate surface area is 109 Å². The predicted octanol–water partition coefficient (Wildman–Crippen LogP) is 0.779. The Bertz CT molecular complexity index is 657. The molecule has 0 aliphatic carbocycles. The first-order valence-electron chi connectivity index (χ1n) is 5.56. The molecule has 1 aromatic heterocycles. The van der Waals surface area contributed by atoms with Gasteiger partial charge in [0.15, 0.2) is 5.82 Å². The van der Waals surface area contributed by atoms with Crippen LogP contribution in [0.15, 0.2) is 28.1 Å². The smallest absolute Gasteiger partial charge is 0.364 e. The molecule has 0 amide bonds. The summed E-state index contributed by atoms with van der Waals surface area (Å²) in [7, 11) is 3.14. The van der Waals surface area contributed by atoms with Crippen molar-refractivity contribution >= 4 is 6.21 Å². The van der Waals surface area contributed by atoms with E-state index < -0.39 is 0 Å². The molecular weight excluding hydrogens is 248 g/mol. The number of hydrogen-bond donors (Lipinski definition) is 1. The molecule has 0 radical (unpaired) electrons. The number of aromatic amines is 1. The Hall–Kier alpha value is -2.57. The third kappa shape index (κ3) is 2.65. The van der Waals surface area contributed by atoms with Crippen molar-refractivity contribution in [3.05, 3.63) is 40.1 Å². The Kier molecular flexibility index (Phi) is 3.65. The summed E-state index contributed by atoms with van der Waals surface area (Å²) in [5.41, 5.74) is 0.344. The fourth-order valence-electron chi connectivity index (χ4n) is 1.55. The number of benzene rings is 1. The number of aryl methyl sites for hydroxylation is 1. The zero-order valence-electron chi connectivity index (χ0n) is 10.9. The van der Waals surface area contributed by atoms with E-state index in [-0.39, 0.29) is 5.69 Å². The Morgan fingerprint density at radius 2 is 2.16 bits per heavy atom. The highest BCUT2D eigenvalue weighted by Gasteiger charge is 2.04. The van der Waals surface area contributed by atoms with Gasteiger partial charge in [-0.2, -0.15) is 14.9 Å². The number of aromatic nitrogens is 3. The quantitative estimate of drug-likeness (QED) is 0.825. The fraction of sp³-hybridized carbons (Fsp3) is 0.250. The molecule has 2 rings (SSSR count). The highest BCUT2D eigenvalue weighted by Crippen LogP contribution is 2.23. The van der Waals surface area contributed by atoms with E-state index in [9.17, 15) is 4.79 Å². The van der Waals surface area contributed by atoms with E-state index in [1.54, 1.807) is 39.3 Å². The Morgan fingerprint density at radius 1 is 1.37 bits per heavy atom. The molecule has 0 spiro atoms. The highest BCUT2D eigenvalue weighted by atomic mass is 16.5. The second kappa shape index (κ2) is 5.38. The van der Waals surface area contributed by atoms with Crippen molar-refractivity contribution in [2.24, 2.45) is 5.10 Å². The number of nitrogens with zero attached hydrogens (tertiary/aromatic N) is 3. The van der Waals surface area contributed by atoms with Crippen LogP contribution in [-0.2, 0) is 0 Å². The molecule has 7 nitrogen and oxygen atoms in total. The van der Waals surface area contributed by atoms with E-state index in [1.807, 2.05) is 0 Å². The number of hydrogen-bond acceptors (Lipinski definition) is 5. The normalized spacial score (nSPS) is 10.9. The lowest BCUT2D eigenvalue weighted by Crippen LogP contribution is -2.13. The Morgan fingerprint density at radius 3 is 2.74 bits per heavy atom. The van der Waals surface area contributed by atoms with E-state index >= 15 is 0 Å². The number of nitrogens with one attached hydrogen (secondary N) is 1. The van der Waals surface area contributed by atoms with Crippen LogP contribution in [0.25, 0.3) is 0 Å². The van der Waals surface area contributed by atoms with Crippen LogP contribution in [0.5, 0.6) is 11.5 Å². The van der Waals surface area contributed by atoms with E-state index in [1.165, 1.54) is 10.9 Å². The van der Waals surface area contributed by atoms with E-state index in [4.69, 9.17) is 9.47 Å². The standard InChI is InChI=1S/C12H14N4O3/c1-8-14-15-12(17)16(8)13-7-9-4-5-10(18-2)6-11(9)19-3/h4-7H,1-3H3,(H,15,17)/b13-7+. The van der Waals surface area contributed by atoms with Gasteiger partial charge in [0.1, 0.15) is 11.5 Å². The molecule has 0 saturated heterocycles. The van der Waals surface area contributed by atoms with Crippen molar-refractivity contribution in [1.29, 1.82) is 0 Å². The van der Waals surface area contributed by atoms with Gasteiger partial charge in [0.05, 0.1) is 20.4 Å². The van der Waals surface area contributed by atoms with Crippen molar-refractivity contribution < 1.29 is 9.47 Å². The number of H-pyrrole nitrogens is 1. The molecule has 0 bridgehead atoms. The first-order valence-corrected chi connectivity index (χ1v) is 5.56. The number of methoxy groups -OCH3 is 2. The topological polar surface area (TPSA) is 81.5 Å². The summed E-state index contributed by atoms with van der Waals surface area (Å²) < 4.78 is 11.5. The molecule has 0 unspecified atom stereocenters. The van der Waals surface area contributed by atoms with Gasteiger partial charge < -0.3 is 9.47 Å².